The monoisotopic (exact) mass is 479 g/mol. The number of anilines is 5. The Morgan fingerprint density at radius 3 is 1.59 bits per heavy atom. The third-order valence-corrected chi connectivity index (χ3v) is 7.44. The molecule has 0 atom stereocenters. The first kappa shape index (κ1) is 25.6. The van der Waals surface area contributed by atoms with E-state index in [9.17, 15) is 8.42 Å². The summed E-state index contributed by atoms with van der Waals surface area (Å²) in [5.74, 6) is 0.171. The smallest absolute Gasteiger partial charge is 0.232 e. The van der Waals surface area contributed by atoms with E-state index in [4.69, 9.17) is 0 Å². The number of hydrogen-bond acceptors (Lipinski definition) is 4. The molecule has 1 N–H and O–H groups in total. The van der Waals surface area contributed by atoms with Gasteiger partial charge < -0.3 is 9.80 Å². The van der Waals surface area contributed by atoms with Crippen molar-refractivity contribution < 1.29 is 8.42 Å². The number of para-hydroxylation sites is 1. The van der Waals surface area contributed by atoms with Crippen molar-refractivity contribution in [1.29, 1.82) is 0 Å². The third-order valence-electron chi connectivity index (χ3n) is 6.06. The molecule has 0 aliphatic rings. The molecule has 6 heteroatoms. The Morgan fingerprint density at radius 1 is 0.618 bits per heavy atom. The molecule has 0 unspecified atom stereocenters. The first-order valence-corrected chi connectivity index (χ1v) is 13.8. The van der Waals surface area contributed by atoms with Gasteiger partial charge in [-0.05, 0) is 67.1 Å². The van der Waals surface area contributed by atoms with Gasteiger partial charge in [0.1, 0.15) is 0 Å². The Bertz CT molecular complexity index is 1100. The average Bonchev–Trinajstić information content (AvgIpc) is 2.86. The normalized spacial score (nSPS) is 11.3. The Balaban J connectivity index is 1.55. The largest absolute Gasteiger partial charge is 0.345 e. The van der Waals surface area contributed by atoms with Crippen molar-refractivity contribution in [2.45, 2.75) is 45.4 Å². The molecule has 3 aromatic rings. The van der Waals surface area contributed by atoms with Gasteiger partial charge in [-0.2, -0.15) is 0 Å². The summed E-state index contributed by atoms with van der Waals surface area (Å²) in [6, 6.07) is 26.2. The van der Waals surface area contributed by atoms with E-state index in [2.05, 4.69) is 64.9 Å². The minimum atomic E-state index is -3.32. The van der Waals surface area contributed by atoms with Crippen LogP contribution in [0.5, 0.6) is 0 Å². The lowest BCUT2D eigenvalue weighted by atomic mass is 10.1. The van der Waals surface area contributed by atoms with Crippen LogP contribution in [-0.2, 0) is 10.0 Å². The molecule has 0 amide bonds. The molecule has 3 aromatic carbocycles. The fourth-order valence-electron chi connectivity index (χ4n) is 3.91. The van der Waals surface area contributed by atoms with Gasteiger partial charge in [0.05, 0.1) is 5.75 Å². The van der Waals surface area contributed by atoms with E-state index in [0.717, 1.165) is 35.6 Å². The maximum atomic E-state index is 12.4. The maximum Gasteiger partial charge on any atom is 0.232 e. The second-order valence-electron chi connectivity index (χ2n) is 8.71. The lowest BCUT2D eigenvalue weighted by Crippen LogP contribution is -2.17. The molecule has 0 bridgehead atoms. The minimum Gasteiger partial charge on any atom is -0.345 e. The lowest BCUT2D eigenvalue weighted by molar-refractivity contribution is 0.588. The fraction of sp³-hybridized carbons (Fsp3) is 0.357. The van der Waals surface area contributed by atoms with Crippen LogP contribution in [0.1, 0.15) is 45.4 Å². The number of sulfonamides is 1. The highest BCUT2D eigenvalue weighted by molar-refractivity contribution is 7.92. The van der Waals surface area contributed by atoms with Crippen LogP contribution in [0.2, 0.25) is 0 Å². The second kappa shape index (κ2) is 12.5. The number of benzene rings is 3. The van der Waals surface area contributed by atoms with Crippen molar-refractivity contribution in [2.24, 2.45) is 0 Å². The molecule has 0 radical (unpaired) electrons. The molecule has 3 rings (SSSR count). The summed E-state index contributed by atoms with van der Waals surface area (Å²) in [5.41, 5.74) is 4.89. The van der Waals surface area contributed by atoms with Gasteiger partial charge >= 0.3 is 0 Å². The molecule has 34 heavy (non-hydrogen) atoms. The Labute approximate surface area is 205 Å². The first-order chi connectivity index (χ1) is 16.4. The van der Waals surface area contributed by atoms with Crippen molar-refractivity contribution in [2.75, 3.05) is 34.4 Å². The van der Waals surface area contributed by atoms with Gasteiger partial charge in [-0.1, -0.05) is 57.2 Å². The average molecular weight is 480 g/mol. The summed E-state index contributed by atoms with van der Waals surface area (Å²) in [7, 11) is 0.747. The van der Waals surface area contributed by atoms with Crippen molar-refractivity contribution in [3.05, 3.63) is 78.9 Å². The van der Waals surface area contributed by atoms with Gasteiger partial charge in [-0.25, -0.2) is 8.42 Å². The van der Waals surface area contributed by atoms with Gasteiger partial charge in [0, 0.05) is 42.5 Å². The molecule has 5 nitrogen and oxygen atoms in total. The van der Waals surface area contributed by atoms with Crippen LogP contribution < -0.4 is 14.5 Å². The molecule has 0 aliphatic carbocycles. The van der Waals surface area contributed by atoms with E-state index < -0.39 is 10.0 Å². The summed E-state index contributed by atoms with van der Waals surface area (Å²) in [4.78, 5) is 4.23. The van der Waals surface area contributed by atoms with Crippen molar-refractivity contribution in [1.82, 2.24) is 0 Å². The van der Waals surface area contributed by atoms with E-state index >= 15 is 0 Å². The molecule has 0 saturated heterocycles. The fourth-order valence-corrected chi connectivity index (χ4v) is 5.09. The van der Waals surface area contributed by atoms with Gasteiger partial charge in [-0.15, -0.1) is 0 Å². The van der Waals surface area contributed by atoms with Gasteiger partial charge in [0.2, 0.25) is 10.0 Å². The quantitative estimate of drug-likeness (QED) is 0.261. The predicted octanol–water partition coefficient (Wildman–Crippen LogP) is 7.32. The van der Waals surface area contributed by atoms with Crippen molar-refractivity contribution >= 4 is 38.5 Å². The zero-order valence-corrected chi connectivity index (χ0v) is 21.4. The molecule has 0 spiro atoms. The maximum absolute atomic E-state index is 12.4. The van der Waals surface area contributed by atoms with Crippen LogP contribution in [0.25, 0.3) is 0 Å². The number of nitrogens with zero attached hydrogens (tertiary/aromatic N) is 2. The zero-order chi connectivity index (χ0) is 24.4. The number of nitrogens with one attached hydrogen (secondary N) is 1. The van der Waals surface area contributed by atoms with Gasteiger partial charge in [0.15, 0.2) is 0 Å². The zero-order valence-electron chi connectivity index (χ0n) is 20.6. The van der Waals surface area contributed by atoms with Crippen LogP contribution in [0.15, 0.2) is 78.9 Å². The van der Waals surface area contributed by atoms with Gasteiger partial charge in [0.25, 0.3) is 0 Å². The molecule has 0 fully saturated rings. The topological polar surface area (TPSA) is 52.7 Å². The molecular weight excluding hydrogens is 442 g/mol. The third kappa shape index (κ3) is 7.52. The summed E-state index contributed by atoms with van der Waals surface area (Å²) in [6.45, 7) is 2.18. The molecule has 0 heterocycles. The van der Waals surface area contributed by atoms with Crippen LogP contribution in [-0.4, -0.2) is 28.3 Å². The van der Waals surface area contributed by atoms with Crippen LogP contribution in [0.4, 0.5) is 28.4 Å². The van der Waals surface area contributed by atoms with Crippen LogP contribution >= 0.6 is 0 Å². The summed E-state index contributed by atoms with van der Waals surface area (Å²) in [6.07, 6.45) is 6.38. The minimum absolute atomic E-state index is 0.171. The lowest BCUT2D eigenvalue weighted by Gasteiger charge is -2.23. The summed E-state index contributed by atoms with van der Waals surface area (Å²) in [5, 5.41) is 0. The Morgan fingerprint density at radius 2 is 1.06 bits per heavy atom. The molecule has 0 aliphatic heterocycles. The first-order valence-electron chi connectivity index (χ1n) is 12.1. The van der Waals surface area contributed by atoms with E-state index in [1.54, 1.807) is 0 Å². The number of unbranched alkanes of at least 4 members (excludes halogenated alkanes) is 5. The Kier molecular flexibility index (Phi) is 9.40. The number of rotatable bonds is 13. The summed E-state index contributed by atoms with van der Waals surface area (Å²) < 4.78 is 27.5. The van der Waals surface area contributed by atoms with Crippen LogP contribution in [0.3, 0.4) is 0 Å². The summed E-state index contributed by atoms with van der Waals surface area (Å²) >= 11 is 0. The highest BCUT2D eigenvalue weighted by atomic mass is 32.2. The SMILES string of the molecule is CCCCCCCCS(=O)(=O)Nc1ccc(N(C)c2ccc(N(C)c3ccccc3)cc2)cc1. The van der Waals surface area contributed by atoms with Gasteiger partial charge in [-0.3, -0.25) is 4.72 Å². The van der Waals surface area contributed by atoms with E-state index in [1.807, 2.05) is 49.5 Å². The van der Waals surface area contributed by atoms with Crippen LogP contribution in [0, 0.1) is 0 Å². The molecular formula is C28H37N3O2S. The van der Waals surface area contributed by atoms with Crippen molar-refractivity contribution in [3.63, 3.8) is 0 Å². The number of hydrogen-bond donors (Lipinski definition) is 1. The van der Waals surface area contributed by atoms with Crippen molar-refractivity contribution in [3.8, 4) is 0 Å². The predicted molar refractivity (Wildman–Crippen MR) is 146 cm³/mol. The van der Waals surface area contributed by atoms with E-state index in [-0.39, 0.29) is 5.75 Å². The second-order valence-corrected chi connectivity index (χ2v) is 10.5. The van der Waals surface area contributed by atoms with E-state index in [1.165, 1.54) is 19.3 Å². The molecule has 0 aromatic heterocycles. The van der Waals surface area contributed by atoms with E-state index in [0.29, 0.717) is 12.1 Å². The molecule has 182 valence electrons. The standard InChI is InChI=1S/C28H37N3O2S/c1-4-5-6-7-8-12-23-34(32,33)29-24-15-17-26(18-16-24)31(3)28-21-19-27(20-22-28)30(2)25-13-10-9-11-14-25/h9-11,13-22,29H,4-8,12,23H2,1-3H3. The molecule has 0 saturated carbocycles. The Hall–Kier alpha value is -2.99. The highest BCUT2D eigenvalue weighted by Crippen LogP contribution is 2.29. The highest BCUT2D eigenvalue weighted by Gasteiger charge is 2.11.